The van der Waals surface area contributed by atoms with Gasteiger partial charge in [0.15, 0.2) is 0 Å². The molecule has 0 amide bonds. The Hall–Kier alpha value is -1.09. The number of pyridine rings is 1. The molecule has 1 aromatic heterocycles. The van der Waals surface area contributed by atoms with E-state index in [0.717, 1.165) is 11.3 Å². The van der Waals surface area contributed by atoms with Crippen LogP contribution in [0.5, 0.6) is 5.75 Å². The zero-order valence-electron chi connectivity index (χ0n) is 9.03. The summed E-state index contributed by atoms with van der Waals surface area (Å²) in [4.78, 5) is 4.03. The fourth-order valence-electron chi connectivity index (χ4n) is 1.63. The molecule has 0 spiro atoms. The van der Waals surface area contributed by atoms with E-state index in [1.165, 1.54) is 0 Å². The lowest BCUT2D eigenvalue weighted by Crippen LogP contribution is -2.18. The smallest absolute Gasteiger partial charge is 0.140 e. The molecule has 0 saturated heterocycles. The summed E-state index contributed by atoms with van der Waals surface area (Å²) < 4.78 is 5.26. The monoisotopic (exact) mass is 194 g/mol. The normalized spacial score (nSPS) is 12.9. The minimum atomic E-state index is 0.341. The van der Waals surface area contributed by atoms with Gasteiger partial charge in [0.1, 0.15) is 5.75 Å². The van der Waals surface area contributed by atoms with E-state index < -0.39 is 0 Å². The minimum Gasteiger partial charge on any atom is -0.495 e. The molecule has 2 N–H and O–H groups in total. The Morgan fingerprint density at radius 3 is 2.71 bits per heavy atom. The Labute approximate surface area is 85.3 Å². The second kappa shape index (κ2) is 4.96. The highest BCUT2D eigenvalue weighted by Gasteiger charge is 2.17. The highest BCUT2D eigenvalue weighted by atomic mass is 16.5. The molecular formula is C11H18N2O. The zero-order valence-corrected chi connectivity index (χ0v) is 9.03. The Morgan fingerprint density at radius 1 is 1.50 bits per heavy atom. The number of hydrogen-bond acceptors (Lipinski definition) is 3. The number of nitrogens with two attached hydrogens (primary N) is 1. The fourth-order valence-corrected chi connectivity index (χ4v) is 1.63. The Kier molecular flexibility index (Phi) is 3.89. The van der Waals surface area contributed by atoms with Crippen molar-refractivity contribution in [2.75, 3.05) is 13.7 Å². The molecule has 1 unspecified atom stereocenters. The Morgan fingerprint density at radius 2 is 2.21 bits per heavy atom. The van der Waals surface area contributed by atoms with Crippen molar-refractivity contribution in [3.05, 3.63) is 24.0 Å². The molecule has 1 atom stereocenters. The van der Waals surface area contributed by atoms with Gasteiger partial charge >= 0.3 is 0 Å². The first kappa shape index (κ1) is 11.0. The maximum absolute atomic E-state index is 5.75. The highest BCUT2D eigenvalue weighted by molar-refractivity contribution is 5.33. The number of rotatable bonds is 4. The fraction of sp³-hybridized carbons (Fsp3) is 0.545. The van der Waals surface area contributed by atoms with Crippen LogP contribution in [0.4, 0.5) is 0 Å². The van der Waals surface area contributed by atoms with Gasteiger partial charge < -0.3 is 10.5 Å². The first-order valence-electron chi connectivity index (χ1n) is 4.88. The van der Waals surface area contributed by atoms with Crippen LogP contribution in [0.3, 0.4) is 0 Å². The summed E-state index contributed by atoms with van der Waals surface area (Å²) in [7, 11) is 1.66. The van der Waals surface area contributed by atoms with Gasteiger partial charge in [0, 0.05) is 17.7 Å². The van der Waals surface area contributed by atoms with Gasteiger partial charge in [-0.05, 0) is 18.5 Å². The van der Waals surface area contributed by atoms with Gasteiger partial charge in [-0.3, -0.25) is 4.98 Å². The molecule has 3 nitrogen and oxygen atoms in total. The third kappa shape index (κ3) is 2.23. The number of aromatic nitrogens is 1. The van der Waals surface area contributed by atoms with Crippen LogP contribution < -0.4 is 10.5 Å². The van der Waals surface area contributed by atoms with E-state index in [2.05, 4.69) is 18.8 Å². The second-order valence-electron chi connectivity index (χ2n) is 3.70. The van der Waals surface area contributed by atoms with Crippen LogP contribution in [0.2, 0.25) is 0 Å². The van der Waals surface area contributed by atoms with Crippen molar-refractivity contribution in [1.82, 2.24) is 4.98 Å². The molecule has 78 valence electrons. The van der Waals surface area contributed by atoms with Gasteiger partial charge in [-0.1, -0.05) is 13.8 Å². The van der Waals surface area contributed by atoms with E-state index in [0.29, 0.717) is 18.4 Å². The molecule has 3 heteroatoms. The molecule has 0 aromatic carbocycles. The number of methoxy groups -OCH3 is 1. The van der Waals surface area contributed by atoms with Gasteiger partial charge in [0.05, 0.1) is 13.3 Å². The van der Waals surface area contributed by atoms with E-state index >= 15 is 0 Å². The van der Waals surface area contributed by atoms with Crippen LogP contribution >= 0.6 is 0 Å². The summed E-state index contributed by atoms with van der Waals surface area (Å²) in [5.41, 5.74) is 6.91. The number of ether oxygens (including phenoxy) is 1. The Balaban J connectivity index is 3.02. The van der Waals surface area contributed by atoms with Crippen molar-refractivity contribution in [3.63, 3.8) is 0 Å². The third-order valence-electron chi connectivity index (χ3n) is 2.49. The number of hydrogen-bond donors (Lipinski definition) is 1. The van der Waals surface area contributed by atoms with Gasteiger partial charge in [0.25, 0.3) is 0 Å². The van der Waals surface area contributed by atoms with E-state index in [4.69, 9.17) is 10.5 Å². The maximum atomic E-state index is 5.75. The summed E-state index contributed by atoms with van der Waals surface area (Å²) in [5.74, 6) is 1.68. The lowest BCUT2D eigenvalue weighted by molar-refractivity contribution is 0.393. The summed E-state index contributed by atoms with van der Waals surface area (Å²) in [6, 6.07) is 1.98. The van der Waals surface area contributed by atoms with Crippen molar-refractivity contribution < 1.29 is 4.74 Å². The average molecular weight is 194 g/mol. The maximum Gasteiger partial charge on any atom is 0.140 e. The van der Waals surface area contributed by atoms with Gasteiger partial charge in [-0.15, -0.1) is 0 Å². The van der Waals surface area contributed by atoms with Crippen LogP contribution in [0.25, 0.3) is 0 Å². The molecule has 0 aliphatic carbocycles. The standard InChI is InChI=1S/C11H18N2O/c1-8(2)10(6-12)9-4-5-13-7-11(9)14-3/h4-5,7-8,10H,6,12H2,1-3H3. The minimum absolute atomic E-state index is 0.341. The quantitative estimate of drug-likeness (QED) is 0.795. The van der Waals surface area contributed by atoms with E-state index in [9.17, 15) is 0 Å². The third-order valence-corrected chi connectivity index (χ3v) is 2.49. The van der Waals surface area contributed by atoms with Crippen molar-refractivity contribution in [3.8, 4) is 5.75 Å². The topological polar surface area (TPSA) is 48.1 Å². The molecule has 0 bridgehead atoms. The van der Waals surface area contributed by atoms with Crippen LogP contribution in [0, 0.1) is 5.92 Å². The van der Waals surface area contributed by atoms with Crippen LogP contribution in [0.1, 0.15) is 25.3 Å². The SMILES string of the molecule is COc1cnccc1C(CN)C(C)C. The van der Waals surface area contributed by atoms with E-state index in [-0.39, 0.29) is 0 Å². The van der Waals surface area contributed by atoms with E-state index in [1.54, 1.807) is 19.5 Å². The zero-order chi connectivity index (χ0) is 10.6. The summed E-state index contributed by atoms with van der Waals surface area (Å²) in [6.07, 6.45) is 3.52. The average Bonchev–Trinajstić information content (AvgIpc) is 2.19. The van der Waals surface area contributed by atoms with Crippen molar-refractivity contribution >= 4 is 0 Å². The van der Waals surface area contributed by atoms with Crippen LogP contribution in [0.15, 0.2) is 18.5 Å². The van der Waals surface area contributed by atoms with Crippen LogP contribution in [-0.4, -0.2) is 18.6 Å². The molecule has 1 rings (SSSR count). The van der Waals surface area contributed by atoms with Crippen molar-refractivity contribution in [2.24, 2.45) is 11.7 Å². The first-order chi connectivity index (χ1) is 6.70. The molecule has 1 heterocycles. The predicted octanol–water partition coefficient (Wildman–Crippen LogP) is 1.79. The van der Waals surface area contributed by atoms with E-state index in [1.807, 2.05) is 6.07 Å². The summed E-state index contributed by atoms with van der Waals surface area (Å²) >= 11 is 0. The molecule has 0 fully saturated rings. The van der Waals surface area contributed by atoms with Crippen molar-refractivity contribution in [2.45, 2.75) is 19.8 Å². The lowest BCUT2D eigenvalue weighted by atomic mass is 9.89. The van der Waals surface area contributed by atoms with Gasteiger partial charge in [-0.25, -0.2) is 0 Å². The molecule has 1 aromatic rings. The van der Waals surface area contributed by atoms with Crippen LogP contribution in [-0.2, 0) is 0 Å². The summed E-state index contributed by atoms with van der Waals surface area (Å²) in [5, 5.41) is 0. The molecule has 0 aliphatic rings. The Bertz CT molecular complexity index is 286. The first-order valence-corrected chi connectivity index (χ1v) is 4.88. The summed E-state index contributed by atoms with van der Waals surface area (Å²) in [6.45, 7) is 4.97. The van der Waals surface area contributed by atoms with Gasteiger partial charge in [0.2, 0.25) is 0 Å². The van der Waals surface area contributed by atoms with Gasteiger partial charge in [-0.2, -0.15) is 0 Å². The molecular weight excluding hydrogens is 176 g/mol. The largest absolute Gasteiger partial charge is 0.495 e. The molecule has 0 radical (unpaired) electrons. The highest BCUT2D eigenvalue weighted by Crippen LogP contribution is 2.29. The second-order valence-corrected chi connectivity index (χ2v) is 3.70. The number of nitrogens with zero attached hydrogens (tertiary/aromatic N) is 1. The lowest BCUT2D eigenvalue weighted by Gasteiger charge is -2.21. The molecule has 14 heavy (non-hydrogen) atoms. The molecule has 0 aliphatic heterocycles. The van der Waals surface area contributed by atoms with Crippen molar-refractivity contribution in [1.29, 1.82) is 0 Å². The predicted molar refractivity (Wildman–Crippen MR) is 57.4 cm³/mol. The molecule has 0 saturated carbocycles.